The maximum Gasteiger partial charge on any atom is 0.519 e. The van der Waals surface area contributed by atoms with E-state index in [2.05, 4.69) is 24.1 Å². The fraction of sp³-hybridized carbons (Fsp3) is 0.585. The Morgan fingerprint density at radius 2 is 1.65 bits per heavy atom. The highest BCUT2D eigenvalue weighted by Crippen LogP contribution is 2.27. The van der Waals surface area contributed by atoms with Crippen LogP contribution in [-0.2, 0) is 41.7 Å². The monoisotopic (exact) mass is 755 g/mol. The van der Waals surface area contributed by atoms with Crippen LogP contribution in [0, 0.1) is 24.7 Å². The second-order valence-corrected chi connectivity index (χ2v) is 13.1. The van der Waals surface area contributed by atoms with Crippen molar-refractivity contribution in [3.63, 3.8) is 0 Å². The number of carbonyl (C=O) groups excluding carboxylic acids is 4. The summed E-state index contributed by atoms with van der Waals surface area (Å²) in [6.07, 6.45) is 12.8. The molecule has 1 aromatic heterocycles. The number of hydrogen-bond donors (Lipinski definition) is 3. The van der Waals surface area contributed by atoms with Gasteiger partial charge in [-0.3, -0.25) is 9.59 Å². The largest absolute Gasteiger partial charge is 0.519 e. The molecule has 0 unspecified atom stereocenters. The van der Waals surface area contributed by atoms with Gasteiger partial charge in [-0.05, 0) is 57.2 Å². The van der Waals surface area contributed by atoms with E-state index in [0.29, 0.717) is 37.0 Å². The Labute approximate surface area is 317 Å². The normalized spacial score (nSPS) is 13.3. The number of benzene rings is 1. The third-order valence-corrected chi connectivity index (χ3v) is 8.93. The van der Waals surface area contributed by atoms with Crippen molar-refractivity contribution in [1.82, 2.24) is 5.32 Å². The minimum Gasteiger partial charge on any atom is -0.481 e. The Kier molecular flexibility index (Phi) is 21.4. The zero-order valence-electron chi connectivity index (χ0n) is 32.1. The second kappa shape index (κ2) is 25.4. The number of carbonyl (C=O) groups is 4. The van der Waals surface area contributed by atoms with Crippen LogP contribution in [0.4, 0.5) is 0 Å². The minimum absolute atomic E-state index is 0.00687. The highest BCUT2D eigenvalue weighted by Gasteiger charge is 2.48. The topological polar surface area (TPSA) is 192 Å². The van der Waals surface area contributed by atoms with E-state index in [1.807, 2.05) is 0 Å². The maximum absolute atomic E-state index is 14.0. The lowest BCUT2D eigenvalue weighted by atomic mass is 9.83. The third kappa shape index (κ3) is 16.1. The zero-order valence-corrected chi connectivity index (χ0v) is 32.1. The van der Waals surface area contributed by atoms with Crippen LogP contribution < -0.4 is 15.9 Å². The van der Waals surface area contributed by atoms with E-state index in [-0.39, 0.29) is 30.3 Å². The van der Waals surface area contributed by atoms with Gasteiger partial charge < -0.3 is 38.6 Å². The Bertz CT molecular complexity index is 1600. The molecule has 1 heterocycles. The highest BCUT2D eigenvalue weighted by molar-refractivity contribution is 5.93. The molecule has 0 aliphatic heterocycles. The molecule has 3 atom stereocenters. The molecule has 13 heteroatoms. The van der Waals surface area contributed by atoms with Crippen LogP contribution in [0.2, 0.25) is 0 Å². The predicted octanol–water partition coefficient (Wildman–Crippen LogP) is 5.44. The summed E-state index contributed by atoms with van der Waals surface area (Å²) >= 11 is 0. The zero-order chi connectivity index (χ0) is 39.8. The van der Waals surface area contributed by atoms with E-state index in [1.54, 1.807) is 37.3 Å². The summed E-state index contributed by atoms with van der Waals surface area (Å²) in [4.78, 5) is 64.0. The molecule has 0 saturated carbocycles. The smallest absolute Gasteiger partial charge is 0.481 e. The molecule has 13 nitrogen and oxygen atoms in total. The van der Waals surface area contributed by atoms with Crippen LogP contribution in [0.25, 0.3) is 0 Å². The summed E-state index contributed by atoms with van der Waals surface area (Å²) in [6, 6.07) is 5.61. The molecule has 1 aromatic carbocycles. The van der Waals surface area contributed by atoms with Gasteiger partial charge in [-0.25, -0.2) is 14.4 Å². The number of rotatable bonds is 27. The molecule has 0 fully saturated rings. The van der Waals surface area contributed by atoms with Crippen molar-refractivity contribution >= 4 is 23.6 Å². The second-order valence-electron chi connectivity index (χ2n) is 13.1. The molecule has 0 bridgehead atoms. The summed E-state index contributed by atoms with van der Waals surface area (Å²) in [6.45, 7) is 4.22. The number of nitrogens with one attached hydrogen (secondary N) is 1. The van der Waals surface area contributed by atoms with Crippen molar-refractivity contribution in [2.24, 2.45) is 5.92 Å². The average Bonchev–Trinajstić information content (AvgIpc) is 3.48. The average molecular weight is 756 g/mol. The molecular formula is C41H57NO12. The van der Waals surface area contributed by atoms with Crippen molar-refractivity contribution in [3.05, 3.63) is 64.1 Å². The van der Waals surface area contributed by atoms with Gasteiger partial charge >= 0.3 is 17.8 Å². The number of esters is 2. The predicted molar refractivity (Wildman–Crippen MR) is 200 cm³/mol. The number of aliphatic hydroxyl groups is 2. The van der Waals surface area contributed by atoms with E-state index >= 15 is 0 Å². The molecule has 1 amide bonds. The van der Waals surface area contributed by atoms with Gasteiger partial charge in [0.05, 0.1) is 13.0 Å². The number of Topliss-reactive ketones (excluding diaryl/α,β-unsaturated/α-hetero) is 1. The number of aliphatic hydroxyl groups excluding tert-OH is 1. The summed E-state index contributed by atoms with van der Waals surface area (Å²) < 4.78 is 25.4. The Hall–Kier alpha value is -4.67. The fourth-order valence-corrected chi connectivity index (χ4v) is 5.75. The van der Waals surface area contributed by atoms with Crippen molar-refractivity contribution in [2.45, 2.75) is 129 Å². The first-order chi connectivity index (χ1) is 26.0. The van der Waals surface area contributed by atoms with Gasteiger partial charge in [0, 0.05) is 32.3 Å². The lowest BCUT2D eigenvalue weighted by Gasteiger charge is -2.32. The molecular weight excluding hydrogens is 698 g/mol. The summed E-state index contributed by atoms with van der Waals surface area (Å²) in [5.74, 6) is 0.811. The first kappa shape index (κ1) is 45.5. The van der Waals surface area contributed by atoms with Gasteiger partial charge in [-0.2, -0.15) is 0 Å². The van der Waals surface area contributed by atoms with E-state index in [4.69, 9.17) is 23.0 Å². The number of allylic oxidation sites excluding steroid dienone is 1. The van der Waals surface area contributed by atoms with Crippen molar-refractivity contribution in [3.8, 4) is 17.6 Å². The number of amides is 1. The van der Waals surface area contributed by atoms with Crippen LogP contribution in [0.5, 0.6) is 5.75 Å². The first-order valence-electron chi connectivity index (χ1n) is 18.8. The molecule has 2 rings (SSSR count). The molecule has 0 aliphatic rings. The van der Waals surface area contributed by atoms with E-state index < -0.39 is 60.9 Å². The summed E-state index contributed by atoms with van der Waals surface area (Å²) in [5.41, 5.74) is -1.94. The SMILES string of the molecule is CC#CCOc1ccc(C[C@H](NC(=O)[C@@H](/C=C/CCCCCCC(=O)CCCCCCC)[C@](O)(CCO)C(=O)OCc2oc(=O)oc2C)C(=O)OC)cc1. The summed E-state index contributed by atoms with van der Waals surface area (Å²) in [5, 5.41) is 24.3. The maximum atomic E-state index is 14.0. The van der Waals surface area contributed by atoms with Crippen molar-refractivity contribution in [2.75, 3.05) is 20.3 Å². The quantitative estimate of drug-likeness (QED) is 0.0453. The molecule has 0 radical (unpaired) electrons. The molecule has 0 saturated heterocycles. The lowest BCUT2D eigenvalue weighted by Crippen LogP contribution is -2.55. The number of methoxy groups -OCH3 is 1. The van der Waals surface area contributed by atoms with Crippen LogP contribution >= 0.6 is 0 Å². The number of unbranched alkanes of at least 4 members (excludes halogenated alkanes) is 8. The number of aryl methyl sites for hydroxylation is 1. The fourth-order valence-electron chi connectivity index (χ4n) is 5.75. The van der Waals surface area contributed by atoms with Crippen LogP contribution in [0.3, 0.4) is 0 Å². The first-order valence-corrected chi connectivity index (χ1v) is 18.8. The van der Waals surface area contributed by atoms with Crippen LogP contribution in [0.15, 0.2) is 50.0 Å². The van der Waals surface area contributed by atoms with Crippen LogP contribution in [-0.4, -0.2) is 65.8 Å². The van der Waals surface area contributed by atoms with E-state index in [1.165, 1.54) is 33.0 Å². The van der Waals surface area contributed by atoms with E-state index in [0.717, 1.165) is 38.5 Å². The van der Waals surface area contributed by atoms with E-state index in [9.17, 15) is 34.2 Å². The minimum atomic E-state index is -2.59. The van der Waals surface area contributed by atoms with Gasteiger partial charge in [-0.15, -0.1) is 5.92 Å². The molecule has 2 aromatic rings. The molecule has 298 valence electrons. The van der Waals surface area contributed by atoms with Gasteiger partial charge in [-0.1, -0.05) is 75.7 Å². The summed E-state index contributed by atoms with van der Waals surface area (Å²) in [7, 11) is 1.17. The number of ether oxygens (including phenoxy) is 3. The van der Waals surface area contributed by atoms with Gasteiger partial charge in [0.1, 0.15) is 24.2 Å². The van der Waals surface area contributed by atoms with Crippen molar-refractivity contribution < 1.29 is 52.4 Å². The molecule has 0 aliphatic carbocycles. The standard InChI is InChI=1S/C41H57NO12/c1-5-7-9-12-15-18-32(44)19-16-13-10-11-14-17-20-34(41(49,25-26-43)39(47)52-29-36-30(3)53-40(48)54-36)37(45)42-35(38(46)50-4)28-31-21-23-33(24-22-31)51-27-8-6-2/h17,20-24,34-35,43,49H,5,7,9-16,18-19,25-29H2,1-4H3,(H,42,45)/b20-17+/t34-,35+,41-/m1/s1. The van der Waals surface area contributed by atoms with Gasteiger partial charge in [0.2, 0.25) is 5.91 Å². The van der Waals surface area contributed by atoms with Crippen LogP contribution in [0.1, 0.15) is 114 Å². The number of ketones is 1. The lowest BCUT2D eigenvalue weighted by molar-refractivity contribution is -0.176. The Morgan fingerprint density at radius 1 is 0.981 bits per heavy atom. The molecule has 0 spiro atoms. The number of hydrogen-bond acceptors (Lipinski definition) is 12. The Morgan fingerprint density at radius 3 is 2.24 bits per heavy atom. The third-order valence-electron chi connectivity index (χ3n) is 8.93. The van der Waals surface area contributed by atoms with Gasteiger partial charge in [0.25, 0.3) is 0 Å². The van der Waals surface area contributed by atoms with Crippen molar-refractivity contribution in [1.29, 1.82) is 0 Å². The highest BCUT2D eigenvalue weighted by atomic mass is 16.6. The van der Waals surface area contributed by atoms with Gasteiger partial charge in [0.15, 0.2) is 23.7 Å². The molecule has 54 heavy (non-hydrogen) atoms. The Balaban J connectivity index is 2.18. The molecule has 3 N–H and O–H groups in total.